The van der Waals surface area contributed by atoms with Crippen molar-refractivity contribution in [3.8, 4) is 17.2 Å². The van der Waals surface area contributed by atoms with Crippen LogP contribution in [0.1, 0.15) is 5.56 Å². The van der Waals surface area contributed by atoms with Crippen LogP contribution in [0.15, 0.2) is 23.4 Å². The molecule has 0 saturated carbocycles. The molecule has 0 aliphatic heterocycles. The first-order valence-electron chi connectivity index (χ1n) is 6.59. The monoisotopic (exact) mass is 309 g/mol. The number of hydrogen-bond acceptors (Lipinski definition) is 5. The van der Waals surface area contributed by atoms with Crippen LogP contribution in [0.25, 0.3) is 6.08 Å². The molecule has 0 atom stereocenters. The Bertz CT molecular complexity index is 496. The number of benzene rings is 1. The molecule has 0 fully saturated rings. The van der Waals surface area contributed by atoms with Crippen LogP contribution in [0.3, 0.4) is 0 Å². The third-order valence-corrected chi connectivity index (χ3v) is 3.25. The van der Waals surface area contributed by atoms with Gasteiger partial charge < -0.3 is 18.7 Å². The molecule has 116 valence electrons. The van der Waals surface area contributed by atoms with E-state index in [2.05, 4.69) is 29.6 Å². The van der Waals surface area contributed by atoms with Gasteiger partial charge in [0, 0.05) is 0 Å². The van der Waals surface area contributed by atoms with Crippen molar-refractivity contribution in [1.29, 1.82) is 0 Å². The van der Waals surface area contributed by atoms with Gasteiger partial charge in [0.05, 0.1) is 20.4 Å². The van der Waals surface area contributed by atoms with Crippen molar-refractivity contribution in [3.63, 3.8) is 0 Å². The van der Waals surface area contributed by atoms with Gasteiger partial charge in [-0.3, -0.25) is 0 Å². The normalized spacial score (nSPS) is 11.9. The molecule has 0 aliphatic carbocycles. The van der Waals surface area contributed by atoms with E-state index in [9.17, 15) is 0 Å². The predicted octanol–water partition coefficient (Wildman–Crippen LogP) is 3.56. The Labute approximate surface area is 127 Å². The van der Waals surface area contributed by atoms with Gasteiger partial charge in [-0.2, -0.15) is 0 Å². The van der Waals surface area contributed by atoms with Crippen molar-refractivity contribution in [2.75, 3.05) is 21.3 Å². The summed E-state index contributed by atoms with van der Waals surface area (Å²) >= 11 is 0. The summed E-state index contributed by atoms with van der Waals surface area (Å²) in [6, 6.07) is 3.80. The number of allylic oxidation sites excluding steroid dienone is 1. The Balaban J connectivity index is 3.17. The Morgan fingerprint density at radius 3 is 2.00 bits per heavy atom. The molecule has 0 bridgehead atoms. The second-order valence-electron chi connectivity index (χ2n) is 5.27. The first kappa shape index (κ1) is 17.1. The van der Waals surface area contributed by atoms with E-state index in [0.29, 0.717) is 17.2 Å². The second kappa shape index (κ2) is 7.73. The van der Waals surface area contributed by atoms with Crippen molar-refractivity contribution >= 4 is 20.6 Å². The molecule has 0 spiro atoms. The third-order valence-electron chi connectivity index (χ3n) is 2.43. The molecule has 0 radical (unpaired) electrons. The lowest BCUT2D eigenvalue weighted by molar-refractivity contribution is 0.215. The topological polar surface area (TPSA) is 49.3 Å². The predicted molar refractivity (Wildman–Crippen MR) is 88.1 cm³/mol. The third kappa shape index (κ3) is 5.51. The standard InChI is InChI=1S/C15H23NO4Si/c1-17-13-10-12(8-7-9-16-19-3)11-14(18-2)15(13)20-21(4,5)6/h7-11H,1-6H3/b8-7+,16-9?. The van der Waals surface area contributed by atoms with Gasteiger partial charge in [0.2, 0.25) is 8.32 Å². The fraction of sp³-hybridized carbons (Fsp3) is 0.400. The van der Waals surface area contributed by atoms with Gasteiger partial charge in [-0.15, -0.1) is 0 Å². The fourth-order valence-corrected chi connectivity index (χ4v) is 2.47. The average Bonchev–Trinajstić information content (AvgIpc) is 2.43. The zero-order valence-electron chi connectivity index (χ0n) is 13.5. The molecule has 0 amide bonds. The van der Waals surface area contributed by atoms with E-state index in [-0.39, 0.29) is 0 Å². The lowest BCUT2D eigenvalue weighted by Gasteiger charge is -2.23. The van der Waals surface area contributed by atoms with E-state index < -0.39 is 8.32 Å². The lowest BCUT2D eigenvalue weighted by Crippen LogP contribution is -2.29. The maximum atomic E-state index is 6.06. The van der Waals surface area contributed by atoms with E-state index in [4.69, 9.17) is 13.9 Å². The van der Waals surface area contributed by atoms with Gasteiger partial charge in [-0.05, 0) is 43.4 Å². The fourth-order valence-electron chi connectivity index (χ4n) is 1.65. The van der Waals surface area contributed by atoms with Crippen molar-refractivity contribution in [2.45, 2.75) is 19.6 Å². The van der Waals surface area contributed by atoms with Gasteiger partial charge in [0.1, 0.15) is 7.11 Å². The highest BCUT2D eigenvalue weighted by Crippen LogP contribution is 2.40. The highest BCUT2D eigenvalue weighted by Gasteiger charge is 2.22. The summed E-state index contributed by atoms with van der Waals surface area (Å²) in [7, 11) is 2.97. The Morgan fingerprint density at radius 1 is 1.00 bits per heavy atom. The summed E-state index contributed by atoms with van der Waals surface area (Å²) in [5.41, 5.74) is 0.925. The molecule has 0 heterocycles. The van der Waals surface area contributed by atoms with E-state index in [1.54, 1.807) is 26.5 Å². The average molecular weight is 309 g/mol. The summed E-state index contributed by atoms with van der Waals surface area (Å²) in [6.07, 6.45) is 5.22. The minimum absolute atomic E-state index is 0.653. The molecule has 0 N–H and O–H groups in total. The summed E-state index contributed by atoms with van der Waals surface area (Å²) in [6.45, 7) is 6.34. The van der Waals surface area contributed by atoms with Crippen LogP contribution in [-0.4, -0.2) is 35.9 Å². The molecule has 0 saturated heterocycles. The van der Waals surface area contributed by atoms with E-state index in [1.165, 1.54) is 7.11 Å². The maximum Gasteiger partial charge on any atom is 0.242 e. The minimum Gasteiger partial charge on any atom is -0.539 e. The Morgan fingerprint density at radius 2 is 1.57 bits per heavy atom. The smallest absolute Gasteiger partial charge is 0.242 e. The number of nitrogens with zero attached hydrogens (tertiary/aromatic N) is 1. The molecule has 5 nitrogen and oxygen atoms in total. The first-order valence-corrected chi connectivity index (χ1v) is 10.0. The molecular formula is C15H23NO4Si. The SMILES string of the molecule is CON=C/C=C/c1cc(OC)c(O[Si](C)(C)C)c(OC)c1. The summed E-state index contributed by atoms with van der Waals surface area (Å²) in [4.78, 5) is 4.60. The van der Waals surface area contributed by atoms with Gasteiger partial charge >= 0.3 is 0 Å². The van der Waals surface area contributed by atoms with Crippen LogP contribution < -0.4 is 13.9 Å². The van der Waals surface area contributed by atoms with E-state index in [0.717, 1.165) is 5.56 Å². The van der Waals surface area contributed by atoms with Crippen LogP contribution >= 0.6 is 0 Å². The lowest BCUT2D eigenvalue weighted by atomic mass is 10.1. The van der Waals surface area contributed by atoms with Gasteiger partial charge in [0.15, 0.2) is 17.2 Å². The largest absolute Gasteiger partial charge is 0.539 e. The quantitative estimate of drug-likeness (QED) is 0.439. The van der Waals surface area contributed by atoms with E-state index in [1.807, 2.05) is 18.2 Å². The molecule has 21 heavy (non-hydrogen) atoms. The van der Waals surface area contributed by atoms with Crippen LogP contribution in [-0.2, 0) is 4.84 Å². The van der Waals surface area contributed by atoms with Gasteiger partial charge in [-0.1, -0.05) is 11.2 Å². The second-order valence-corrected chi connectivity index (χ2v) is 9.69. The Hall–Kier alpha value is -1.95. The molecule has 0 aromatic heterocycles. The van der Waals surface area contributed by atoms with Crippen LogP contribution in [0.4, 0.5) is 0 Å². The zero-order valence-corrected chi connectivity index (χ0v) is 14.5. The minimum atomic E-state index is -1.76. The molecule has 1 aromatic rings. The van der Waals surface area contributed by atoms with Crippen molar-refractivity contribution in [1.82, 2.24) is 0 Å². The molecule has 0 unspecified atom stereocenters. The van der Waals surface area contributed by atoms with Crippen LogP contribution in [0, 0.1) is 0 Å². The molecular weight excluding hydrogens is 286 g/mol. The molecule has 0 aliphatic rings. The van der Waals surface area contributed by atoms with E-state index >= 15 is 0 Å². The zero-order chi connectivity index (χ0) is 15.9. The Kier molecular flexibility index (Phi) is 6.29. The van der Waals surface area contributed by atoms with Crippen molar-refractivity contribution in [2.24, 2.45) is 5.16 Å². The molecule has 6 heteroatoms. The molecule has 1 rings (SSSR count). The van der Waals surface area contributed by atoms with Crippen molar-refractivity contribution < 1.29 is 18.7 Å². The van der Waals surface area contributed by atoms with Gasteiger partial charge in [-0.25, -0.2) is 0 Å². The number of rotatable bonds is 7. The first-order chi connectivity index (χ1) is 9.91. The maximum absolute atomic E-state index is 6.06. The van der Waals surface area contributed by atoms with Crippen LogP contribution in [0.2, 0.25) is 19.6 Å². The number of hydrogen-bond donors (Lipinski definition) is 0. The highest BCUT2D eigenvalue weighted by molar-refractivity contribution is 6.70. The number of oxime groups is 1. The van der Waals surface area contributed by atoms with Crippen molar-refractivity contribution in [3.05, 3.63) is 23.8 Å². The summed E-state index contributed by atoms with van der Waals surface area (Å²) in [5, 5.41) is 3.64. The number of ether oxygens (including phenoxy) is 2. The number of methoxy groups -OCH3 is 2. The van der Waals surface area contributed by atoms with Crippen LogP contribution in [0.5, 0.6) is 17.2 Å². The molecule has 1 aromatic carbocycles. The highest BCUT2D eigenvalue weighted by atomic mass is 28.4. The van der Waals surface area contributed by atoms with Gasteiger partial charge in [0.25, 0.3) is 0 Å². The summed E-state index contributed by atoms with van der Waals surface area (Å²) < 4.78 is 16.9. The summed E-state index contributed by atoms with van der Waals surface area (Å²) in [5.74, 6) is 1.96.